The second-order valence-corrected chi connectivity index (χ2v) is 5.10. The number of amides is 1. The van der Waals surface area contributed by atoms with Crippen LogP contribution >= 0.6 is 0 Å². The van der Waals surface area contributed by atoms with Crippen LogP contribution in [0.4, 0.5) is 0 Å². The number of ether oxygens (including phenoxy) is 2. The molecule has 1 heterocycles. The van der Waals surface area contributed by atoms with E-state index in [9.17, 15) is 9.59 Å². The van der Waals surface area contributed by atoms with Gasteiger partial charge in [0.25, 0.3) is 5.91 Å². The lowest BCUT2D eigenvalue weighted by Gasteiger charge is -2.21. The molecule has 6 nitrogen and oxygen atoms in total. The van der Waals surface area contributed by atoms with Gasteiger partial charge in [0.05, 0.1) is 13.2 Å². The summed E-state index contributed by atoms with van der Waals surface area (Å²) in [6, 6.07) is 4.80. The van der Waals surface area contributed by atoms with Gasteiger partial charge in [0.1, 0.15) is 5.54 Å². The second-order valence-electron chi connectivity index (χ2n) is 5.10. The van der Waals surface area contributed by atoms with Crippen molar-refractivity contribution >= 4 is 11.9 Å². The number of hydrogen-bond donors (Lipinski definition) is 2. The molecular formula is C14H17NO5. The molecule has 0 bridgehead atoms. The summed E-state index contributed by atoms with van der Waals surface area (Å²) in [5.74, 6) is -0.465. The van der Waals surface area contributed by atoms with Crippen molar-refractivity contribution in [2.75, 3.05) is 13.2 Å². The van der Waals surface area contributed by atoms with E-state index in [0.29, 0.717) is 30.3 Å². The Morgan fingerprint density at radius 3 is 2.50 bits per heavy atom. The number of fused-ring (bicyclic) bond motifs is 1. The Kier molecular flexibility index (Phi) is 3.83. The molecule has 2 rings (SSSR count). The van der Waals surface area contributed by atoms with Gasteiger partial charge in [-0.3, -0.25) is 4.79 Å². The number of hydrogen-bond acceptors (Lipinski definition) is 4. The molecule has 0 atom stereocenters. The number of carboxylic acids is 1. The van der Waals surface area contributed by atoms with E-state index in [2.05, 4.69) is 5.32 Å². The Balaban J connectivity index is 2.19. The van der Waals surface area contributed by atoms with E-state index in [4.69, 9.17) is 14.6 Å². The molecule has 1 amide bonds. The first-order valence-corrected chi connectivity index (χ1v) is 6.36. The molecule has 108 valence electrons. The third-order valence-corrected chi connectivity index (χ3v) is 2.97. The molecule has 1 aromatic carbocycles. The van der Waals surface area contributed by atoms with Crippen molar-refractivity contribution in [3.63, 3.8) is 0 Å². The first-order chi connectivity index (χ1) is 9.40. The lowest BCUT2D eigenvalue weighted by atomic mass is 10.1. The SMILES string of the molecule is CC(C)(NC(=O)c1ccc2c(c1)OCCCO2)C(=O)O. The zero-order chi connectivity index (χ0) is 14.8. The molecule has 2 N–H and O–H groups in total. The molecule has 1 aliphatic rings. The highest BCUT2D eigenvalue weighted by Crippen LogP contribution is 2.30. The molecule has 6 heteroatoms. The maximum Gasteiger partial charge on any atom is 0.328 e. The van der Waals surface area contributed by atoms with E-state index >= 15 is 0 Å². The van der Waals surface area contributed by atoms with Gasteiger partial charge in [-0.15, -0.1) is 0 Å². The highest BCUT2D eigenvalue weighted by atomic mass is 16.5. The van der Waals surface area contributed by atoms with Gasteiger partial charge in [-0.2, -0.15) is 0 Å². The molecule has 0 aromatic heterocycles. The smallest absolute Gasteiger partial charge is 0.328 e. The topological polar surface area (TPSA) is 84.9 Å². The van der Waals surface area contributed by atoms with Gasteiger partial charge < -0.3 is 19.9 Å². The van der Waals surface area contributed by atoms with Crippen molar-refractivity contribution < 1.29 is 24.2 Å². The second kappa shape index (κ2) is 5.40. The van der Waals surface area contributed by atoms with Crippen LogP contribution in [0.25, 0.3) is 0 Å². The van der Waals surface area contributed by atoms with Crippen molar-refractivity contribution in [3.8, 4) is 11.5 Å². The summed E-state index contributed by atoms with van der Waals surface area (Å²) in [4.78, 5) is 23.1. The standard InChI is InChI=1S/C14H17NO5/c1-14(2,13(17)18)15-12(16)9-4-5-10-11(8-9)20-7-3-6-19-10/h4-5,8H,3,6-7H2,1-2H3,(H,15,16)(H,17,18). The van der Waals surface area contributed by atoms with E-state index in [1.165, 1.54) is 13.8 Å². The molecule has 0 fully saturated rings. The zero-order valence-corrected chi connectivity index (χ0v) is 11.4. The van der Waals surface area contributed by atoms with Crippen LogP contribution in [-0.4, -0.2) is 35.7 Å². The van der Waals surface area contributed by atoms with Crippen LogP contribution in [-0.2, 0) is 4.79 Å². The van der Waals surface area contributed by atoms with Crippen LogP contribution < -0.4 is 14.8 Å². The van der Waals surface area contributed by atoms with Crippen LogP contribution in [0.3, 0.4) is 0 Å². The Labute approximate surface area is 116 Å². The Bertz CT molecular complexity index is 538. The van der Waals surface area contributed by atoms with Crippen LogP contribution in [0.15, 0.2) is 18.2 Å². The molecule has 0 spiro atoms. The van der Waals surface area contributed by atoms with E-state index in [1.54, 1.807) is 18.2 Å². The summed E-state index contributed by atoms with van der Waals surface area (Å²) in [7, 11) is 0. The molecule has 0 saturated carbocycles. The van der Waals surface area contributed by atoms with Gasteiger partial charge in [0, 0.05) is 12.0 Å². The third kappa shape index (κ3) is 3.01. The molecule has 1 aliphatic heterocycles. The van der Waals surface area contributed by atoms with Gasteiger partial charge in [0.15, 0.2) is 11.5 Å². The Morgan fingerprint density at radius 2 is 1.85 bits per heavy atom. The molecule has 0 unspecified atom stereocenters. The molecule has 0 aliphatic carbocycles. The summed E-state index contributed by atoms with van der Waals surface area (Å²) >= 11 is 0. The number of carbonyl (C=O) groups is 2. The average Bonchev–Trinajstić information content (AvgIpc) is 2.62. The lowest BCUT2D eigenvalue weighted by Crippen LogP contribution is -2.49. The van der Waals surface area contributed by atoms with Crippen LogP contribution in [0.1, 0.15) is 30.6 Å². The van der Waals surface area contributed by atoms with Crippen molar-refractivity contribution in [2.24, 2.45) is 0 Å². The molecular weight excluding hydrogens is 262 g/mol. The molecule has 20 heavy (non-hydrogen) atoms. The highest BCUT2D eigenvalue weighted by molar-refractivity contribution is 5.98. The number of nitrogens with one attached hydrogen (secondary N) is 1. The third-order valence-electron chi connectivity index (χ3n) is 2.97. The predicted molar refractivity (Wildman–Crippen MR) is 71.2 cm³/mol. The summed E-state index contributed by atoms with van der Waals surface area (Å²) in [5, 5.41) is 11.5. The minimum absolute atomic E-state index is 0.337. The van der Waals surface area contributed by atoms with Gasteiger partial charge in [-0.25, -0.2) is 4.79 Å². The van der Waals surface area contributed by atoms with Crippen molar-refractivity contribution in [2.45, 2.75) is 25.8 Å². The van der Waals surface area contributed by atoms with Crippen LogP contribution in [0, 0.1) is 0 Å². The minimum atomic E-state index is -1.33. The zero-order valence-electron chi connectivity index (χ0n) is 11.4. The van der Waals surface area contributed by atoms with E-state index in [1.807, 2.05) is 0 Å². The fourth-order valence-electron chi connectivity index (χ4n) is 1.71. The van der Waals surface area contributed by atoms with Crippen LogP contribution in [0.5, 0.6) is 11.5 Å². The number of aliphatic carboxylic acids is 1. The van der Waals surface area contributed by atoms with Crippen molar-refractivity contribution in [1.82, 2.24) is 5.32 Å². The lowest BCUT2D eigenvalue weighted by molar-refractivity contribution is -0.143. The minimum Gasteiger partial charge on any atom is -0.490 e. The monoisotopic (exact) mass is 279 g/mol. The predicted octanol–water partition coefficient (Wildman–Crippen LogP) is 1.44. The van der Waals surface area contributed by atoms with Crippen LogP contribution in [0.2, 0.25) is 0 Å². The van der Waals surface area contributed by atoms with Gasteiger partial charge in [-0.05, 0) is 32.0 Å². The van der Waals surface area contributed by atoms with Gasteiger partial charge >= 0.3 is 5.97 Å². The Hall–Kier alpha value is -2.24. The normalized spacial score (nSPS) is 14.3. The maximum absolute atomic E-state index is 12.1. The van der Waals surface area contributed by atoms with Crippen molar-refractivity contribution in [1.29, 1.82) is 0 Å². The Morgan fingerprint density at radius 1 is 1.20 bits per heavy atom. The first kappa shape index (κ1) is 14.2. The summed E-state index contributed by atoms with van der Waals surface area (Å²) in [6.07, 6.45) is 0.780. The number of rotatable bonds is 3. The highest BCUT2D eigenvalue weighted by Gasteiger charge is 2.29. The quantitative estimate of drug-likeness (QED) is 0.874. The fourth-order valence-corrected chi connectivity index (χ4v) is 1.71. The van der Waals surface area contributed by atoms with Gasteiger partial charge in [-0.1, -0.05) is 0 Å². The van der Waals surface area contributed by atoms with Crippen molar-refractivity contribution in [3.05, 3.63) is 23.8 Å². The summed E-state index contributed by atoms with van der Waals surface area (Å²) in [5.41, 5.74) is -0.995. The fraction of sp³-hybridized carbons (Fsp3) is 0.429. The van der Waals surface area contributed by atoms with Gasteiger partial charge in [0.2, 0.25) is 0 Å². The first-order valence-electron chi connectivity index (χ1n) is 6.36. The molecule has 0 radical (unpaired) electrons. The molecule has 0 saturated heterocycles. The van der Waals surface area contributed by atoms with E-state index < -0.39 is 17.4 Å². The average molecular weight is 279 g/mol. The number of benzene rings is 1. The largest absolute Gasteiger partial charge is 0.490 e. The molecule has 1 aromatic rings. The van der Waals surface area contributed by atoms with E-state index in [0.717, 1.165) is 6.42 Å². The number of carbonyl (C=O) groups excluding carboxylic acids is 1. The number of carboxylic acid groups (broad SMARTS) is 1. The summed E-state index contributed by atoms with van der Waals surface area (Å²) in [6.45, 7) is 3.95. The van der Waals surface area contributed by atoms with E-state index in [-0.39, 0.29) is 0 Å². The summed E-state index contributed by atoms with van der Waals surface area (Å²) < 4.78 is 11.0. The maximum atomic E-state index is 12.1.